The van der Waals surface area contributed by atoms with Crippen molar-refractivity contribution < 1.29 is 13.6 Å². The van der Waals surface area contributed by atoms with Gasteiger partial charge in [-0.2, -0.15) is 0 Å². The third kappa shape index (κ3) is 1.93. The number of halogens is 2. The molecule has 5 heteroatoms. The van der Waals surface area contributed by atoms with Crippen LogP contribution >= 0.6 is 0 Å². The Balaban J connectivity index is 2.22. The standard InChI is InChI=1S/C11H8F2N2O/c12-8-2-1-3-9(10(8)13)15-11(16)7-4-5-14-6-7/h1-6,14H,(H,15,16). The Labute approximate surface area is 90.1 Å². The van der Waals surface area contributed by atoms with Crippen molar-refractivity contribution in [3.63, 3.8) is 0 Å². The highest BCUT2D eigenvalue weighted by molar-refractivity contribution is 6.04. The van der Waals surface area contributed by atoms with Crippen molar-refractivity contribution in [3.8, 4) is 0 Å². The van der Waals surface area contributed by atoms with Gasteiger partial charge in [-0.3, -0.25) is 4.79 Å². The summed E-state index contributed by atoms with van der Waals surface area (Å²) in [6.07, 6.45) is 3.03. The minimum atomic E-state index is -1.06. The lowest BCUT2D eigenvalue weighted by atomic mass is 10.2. The summed E-state index contributed by atoms with van der Waals surface area (Å²) in [5.74, 6) is -2.55. The monoisotopic (exact) mass is 222 g/mol. The van der Waals surface area contributed by atoms with Gasteiger partial charge in [-0.05, 0) is 18.2 Å². The predicted molar refractivity (Wildman–Crippen MR) is 55.1 cm³/mol. The number of aromatic nitrogens is 1. The predicted octanol–water partition coefficient (Wildman–Crippen LogP) is 2.55. The zero-order valence-electron chi connectivity index (χ0n) is 8.13. The van der Waals surface area contributed by atoms with Crippen molar-refractivity contribution in [1.82, 2.24) is 4.98 Å². The highest BCUT2D eigenvalue weighted by Crippen LogP contribution is 2.17. The average molecular weight is 222 g/mol. The minimum absolute atomic E-state index is 0.175. The number of benzene rings is 1. The van der Waals surface area contributed by atoms with Gasteiger partial charge < -0.3 is 10.3 Å². The molecule has 16 heavy (non-hydrogen) atoms. The van der Waals surface area contributed by atoms with Gasteiger partial charge in [0.15, 0.2) is 11.6 Å². The first-order valence-electron chi connectivity index (χ1n) is 4.56. The molecule has 0 radical (unpaired) electrons. The molecule has 0 aliphatic carbocycles. The van der Waals surface area contributed by atoms with E-state index in [0.717, 1.165) is 6.07 Å². The molecule has 1 heterocycles. The normalized spacial score (nSPS) is 10.1. The van der Waals surface area contributed by atoms with Crippen LogP contribution in [0.5, 0.6) is 0 Å². The average Bonchev–Trinajstić information content (AvgIpc) is 2.78. The topological polar surface area (TPSA) is 44.9 Å². The molecule has 0 spiro atoms. The Morgan fingerprint density at radius 3 is 2.75 bits per heavy atom. The molecule has 3 nitrogen and oxygen atoms in total. The van der Waals surface area contributed by atoms with Crippen LogP contribution in [0.3, 0.4) is 0 Å². The van der Waals surface area contributed by atoms with Gasteiger partial charge in [0.1, 0.15) is 0 Å². The third-order valence-electron chi connectivity index (χ3n) is 2.06. The van der Waals surface area contributed by atoms with Crippen LogP contribution in [0, 0.1) is 11.6 Å². The highest BCUT2D eigenvalue weighted by Gasteiger charge is 2.11. The van der Waals surface area contributed by atoms with Crippen LogP contribution in [0.25, 0.3) is 0 Å². The molecule has 0 unspecified atom stereocenters. The molecule has 1 amide bonds. The van der Waals surface area contributed by atoms with Gasteiger partial charge in [0, 0.05) is 12.4 Å². The van der Waals surface area contributed by atoms with Crippen LogP contribution in [0.4, 0.5) is 14.5 Å². The lowest BCUT2D eigenvalue weighted by Crippen LogP contribution is -2.12. The number of rotatable bonds is 2. The largest absolute Gasteiger partial charge is 0.367 e. The molecule has 1 aromatic heterocycles. The number of aromatic amines is 1. The number of hydrogen-bond acceptors (Lipinski definition) is 1. The van der Waals surface area contributed by atoms with Gasteiger partial charge >= 0.3 is 0 Å². The van der Waals surface area contributed by atoms with Gasteiger partial charge in [0.05, 0.1) is 11.3 Å². The van der Waals surface area contributed by atoms with Crippen LogP contribution < -0.4 is 5.32 Å². The summed E-state index contributed by atoms with van der Waals surface area (Å²) in [5.41, 5.74) is 0.176. The summed E-state index contributed by atoms with van der Waals surface area (Å²) in [6, 6.07) is 5.14. The van der Waals surface area contributed by atoms with E-state index >= 15 is 0 Å². The van der Waals surface area contributed by atoms with Gasteiger partial charge in [-0.15, -0.1) is 0 Å². The molecule has 82 valence electrons. The summed E-state index contributed by atoms with van der Waals surface area (Å²) in [4.78, 5) is 14.2. The molecule has 0 aliphatic heterocycles. The molecule has 2 N–H and O–H groups in total. The van der Waals surface area contributed by atoms with E-state index in [1.165, 1.54) is 24.4 Å². The Morgan fingerprint density at radius 1 is 1.25 bits per heavy atom. The number of carbonyl (C=O) groups is 1. The van der Waals surface area contributed by atoms with E-state index in [2.05, 4.69) is 10.3 Å². The van der Waals surface area contributed by atoms with E-state index in [-0.39, 0.29) is 5.69 Å². The van der Waals surface area contributed by atoms with E-state index in [1.54, 1.807) is 6.20 Å². The molecule has 2 aromatic rings. The molecule has 0 fully saturated rings. The Morgan fingerprint density at radius 2 is 2.06 bits per heavy atom. The summed E-state index contributed by atoms with van der Waals surface area (Å²) >= 11 is 0. The number of carbonyl (C=O) groups excluding carboxylic acids is 1. The van der Waals surface area contributed by atoms with Crippen molar-refractivity contribution in [2.24, 2.45) is 0 Å². The zero-order chi connectivity index (χ0) is 11.5. The lowest BCUT2D eigenvalue weighted by Gasteiger charge is -2.05. The number of amides is 1. The Bertz CT molecular complexity index is 509. The molecule has 1 aromatic carbocycles. The number of anilines is 1. The summed E-state index contributed by atoms with van der Waals surface area (Å²) in [6.45, 7) is 0. The fourth-order valence-electron chi connectivity index (χ4n) is 1.26. The second-order valence-electron chi connectivity index (χ2n) is 3.16. The van der Waals surface area contributed by atoms with E-state index < -0.39 is 17.5 Å². The second kappa shape index (κ2) is 4.14. The Kier molecular flexibility index (Phi) is 2.68. The van der Waals surface area contributed by atoms with Gasteiger partial charge in [-0.1, -0.05) is 6.07 Å². The smallest absolute Gasteiger partial charge is 0.257 e. The first kappa shape index (κ1) is 10.4. The van der Waals surface area contributed by atoms with Crippen molar-refractivity contribution in [2.75, 3.05) is 5.32 Å². The van der Waals surface area contributed by atoms with Crippen LogP contribution in [-0.2, 0) is 0 Å². The van der Waals surface area contributed by atoms with Crippen molar-refractivity contribution in [3.05, 3.63) is 53.9 Å². The third-order valence-corrected chi connectivity index (χ3v) is 2.06. The van der Waals surface area contributed by atoms with Crippen LogP contribution in [0.2, 0.25) is 0 Å². The first-order chi connectivity index (χ1) is 7.68. The molecule has 0 saturated heterocycles. The fraction of sp³-hybridized carbons (Fsp3) is 0. The number of nitrogens with one attached hydrogen (secondary N) is 2. The molecular formula is C11H8F2N2O. The lowest BCUT2D eigenvalue weighted by molar-refractivity contribution is 0.102. The molecule has 0 bridgehead atoms. The van der Waals surface area contributed by atoms with Crippen LogP contribution in [-0.4, -0.2) is 10.9 Å². The summed E-state index contributed by atoms with van der Waals surface area (Å²) in [7, 11) is 0. The molecule has 2 rings (SSSR count). The zero-order valence-corrected chi connectivity index (χ0v) is 8.13. The van der Waals surface area contributed by atoms with Gasteiger partial charge in [0.25, 0.3) is 5.91 Å². The molecular weight excluding hydrogens is 214 g/mol. The van der Waals surface area contributed by atoms with Crippen LogP contribution in [0.15, 0.2) is 36.7 Å². The van der Waals surface area contributed by atoms with E-state index in [0.29, 0.717) is 5.56 Å². The second-order valence-corrected chi connectivity index (χ2v) is 3.16. The minimum Gasteiger partial charge on any atom is -0.367 e. The highest BCUT2D eigenvalue weighted by atomic mass is 19.2. The van der Waals surface area contributed by atoms with Crippen molar-refractivity contribution in [2.45, 2.75) is 0 Å². The van der Waals surface area contributed by atoms with E-state index in [4.69, 9.17) is 0 Å². The molecule has 0 saturated carbocycles. The maximum Gasteiger partial charge on any atom is 0.257 e. The molecule has 0 atom stereocenters. The maximum atomic E-state index is 13.2. The van der Waals surface area contributed by atoms with Crippen molar-refractivity contribution >= 4 is 11.6 Å². The maximum absolute atomic E-state index is 13.2. The van der Waals surface area contributed by atoms with E-state index in [1.807, 2.05) is 0 Å². The summed E-state index contributed by atoms with van der Waals surface area (Å²) in [5, 5.41) is 2.28. The summed E-state index contributed by atoms with van der Waals surface area (Å²) < 4.78 is 26.0. The fourth-order valence-corrected chi connectivity index (χ4v) is 1.26. The van der Waals surface area contributed by atoms with Gasteiger partial charge in [0.2, 0.25) is 0 Å². The SMILES string of the molecule is O=C(Nc1cccc(F)c1F)c1cc[nH]c1. The van der Waals surface area contributed by atoms with Crippen molar-refractivity contribution in [1.29, 1.82) is 0 Å². The quantitative estimate of drug-likeness (QED) is 0.805. The molecule has 0 aliphatic rings. The number of H-pyrrole nitrogens is 1. The van der Waals surface area contributed by atoms with Crippen LogP contribution in [0.1, 0.15) is 10.4 Å². The van der Waals surface area contributed by atoms with E-state index in [9.17, 15) is 13.6 Å². The number of hydrogen-bond donors (Lipinski definition) is 2. The Hall–Kier alpha value is -2.17. The first-order valence-corrected chi connectivity index (χ1v) is 4.56. The van der Waals surface area contributed by atoms with Gasteiger partial charge in [-0.25, -0.2) is 8.78 Å².